The van der Waals surface area contributed by atoms with Crippen molar-refractivity contribution in [2.24, 2.45) is 0 Å². The number of benzene rings is 8. The molecular weight excluding hydrogens is 575 g/mol. The van der Waals surface area contributed by atoms with Gasteiger partial charge in [0.05, 0.1) is 0 Å². The predicted octanol–water partition coefficient (Wildman–Crippen LogP) is 10.6. The number of hydrogen-bond acceptors (Lipinski definition) is 1. The van der Waals surface area contributed by atoms with E-state index in [9.17, 15) is 0 Å². The number of rotatable bonds is 6. The van der Waals surface area contributed by atoms with Gasteiger partial charge in [0.25, 0.3) is 0 Å². The summed E-state index contributed by atoms with van der Waals surface area (Å²) in [5.41, 5.74) is 6.99. The van der Waals surface area contributed by atoms with E-state index in [2.05, 4.69) is 115 Å². The summed E-state index contributed by atoms with van der Waals surface area (Å²) in [5, 5.41) is 7.43. The molecule has 8 rings (SSSR count). The Morgan fingerprint density at radius 1 is 0.283 bits per heavy atom. The molecule has 0 aliphatic rings. The van der Waals surface area contributed by atoms with Crippen LogP contribution in [0.5, 0.6) is 0 Å². The van der Waals surface area contributed by atoms with Crippen LogP contribution in [0.3, 0.4) is 0 Å². The van der Waals surface area contributed by atoms with Crippen molar-refractivity contribution in [2.75, 3.05) is 0 Å². The van der Waals surface area contributed by atoms with Crippen LogP contribution in [0, 0.1) is 0 Å². The maximum atomic E-state index is 15.1. The molecule has 0 unspecified atom stereocenters. The highest BCUT2D eigenvalue weighted by molar-refractivity contribution is 7.85. The van der Waals surface area contributed by atoms with Crippen molar-refractivity contribution in [2.45, 2.75) is 0 Å². The molecule has 1 nitrogen and oxygen atoms in total. The summed E-state index contributed by atoms with van der Waals surface area (Å²) in [5.74, 6) is 0. The van der Waals surface area contributed by atoms with Gasteiger partial charge in [-0.2, -0.15) is 0 Å². The van der Waals surface area contributed by atoms with Gasteiger partial charge >= 0.3 is 0 Å². The zero-order valence-electron chi connectivity index (χ0n) is 25.3. The number of fused-ring (bicyclic) bond motifs is 2. The third-order valence-electron chi connectivity index (χ3n) is 8.93. The Balaban J connectivity index is 1.32. The van der Waals surface area contributed by atoms with Gasteiger partial charge in [-0.3, -0.25) is 0 Å². The molecule has 0 amide bonds. The van der Waals surface area contributed by atoms with E-state index in [1.54, 1.807) is 0 Å². The zero-order valence-corrected chi connectivity index (χ0v) is 26.1. The fourth-order valence-electron chi connectivity index (χ4n) is 6.81. The standard InChI is InChI=1S/C44H31OP/c45-46(36-21-6-2-7-22-36,37-23-8-3-9-24-37)38-25-15-19-34(31-38)33-18-14-20-35(30-33)44-41-28-12-10-26-39(41)43(32-16-4-1-5-17-32)40-27-11-13-29-42(40)44/h1-31H. The van der Waals surface area contributed by atoms with Crippen molar-refractivity contribution in [3.8, 4) is 33.4 Å². The van der Waals surface area contributed by atoms with Crippen LogP contribution in [0.4, 0.5) is 0 Å². The zero-order chi connectivity index (χ0) is 30.9. The van der Waals surface area contributed by atoms with Crippen LogP contribution in [0.15, 0.2) is 188 Å². The van der Waals surface area contributed by atoms with E-state index in [1.807, 2.05) is 72.8 Å². The van der Waals surface area contributed by atoms with Crippen molar-refractivity contribution in [1.82, 2.24) is 0 Å². The Kier molecular flexibility index (Phi) is 7.18. The molecule has 0 saturated carbocycles. The second-order valence-electron chi connectivity index (χ2n) is 11.6. The fraction of sp³-hybridized carbons (Fsp3) is 0. The summed E-state index contributed by atoms with van der Waals surface area (Å²) in [6.45, 7) is 0. The summed E-state index contributed by atoms with van der Waals surface area (Å²) >= 11 is 0. The molecule has 2 heteroatoms. The topological polar surface area (TPSA) is 17.1 Å². The van der Waals surface area contributed by atoms with Crippen molar-refractivity contribution in [1.29, 1.82) is 0 Å². The van der Waals surface area contributed by atoms with E-state index in [0.717, 1.165) is 32.6 Å². The maximum absolute atomic E-state index is 15.1. The van der Waals surface area contributed by atoms with E-state index in [-0.39, 0.29) is 0 Å². The van der Waals surface area contributed by atoms with Gasteiger partial charge < -0.3 is 4.57 Å². The highest BCUT2D eigenvalue weighted by atomic mass is 31.2. The minimum atomic E-state index is -3.09. The summed E-state index contributed by atoms with van der Waals surface area (Å²) in [6, 6.07) is 65.0. The first-order valence-corrected chi connectivity index (χ1v) is 17.3. The SMILES string of the molecule is O=P(c1ccccc1)(c1ccccc1)c1cccc(-c2cccc(-c3c4ccccc4c(-c4ccccc4)c4ccccc34)c2)c1. The lowest BCUT2D eigenvalue weighted by molar-refractivity contribution is 0.592. The van der Waals surface area contributed by atoms with Gasteiger partial charge in [-0.25, -0.2) is 0 Å². The third kappa shape index (κ3) is 4.78. The minimum Gasteiger partial charge on any atom is -0.309 e. The highest BCUT2D eigenvalue weighted by Crippen LogP contribution is 2.45. The lowest BCUT2D eigenvalue weighted by Gasteiger charge is -2.21. The van der Waals surface area contributed by atoms with Gasteiger partial charge in [0.1, 0.15) is 0 Å². The van der Waals surface area contributed by atoms with Crippen molar-refractivity contribution in [3.63, 3.8) is 0 Å². The Labute approximate surface area is 269 Å². The second-order valence-corrected chi connectivity index (χ2v) is 14.4. The van der Waals surface area contributed by atoms with E-state index in [0.29, 0.717) is 0 Å². The molecule has 8 aromatic carbocycles. The maximum Gasteiger partial charge on any atom is 0.171 e. The van der Waals surface area contributed by atoms with Gasteiger partial charge in [0.2, 0.25) is 0 Å². The molecule has 0 heterocycles. The normalized spacial score (nSPS) is 11.6. The molecule has 0 fully saturated rings. The average molecular weight is 607 g/mol. The molecular formula is C44H31OP. The highest BCUT2D eigenvalue weighted by Gasteiger charge is 2.29. The van der Waals surface area contributed by atoms with Crippen LogP contribution in [0.1, 0.15) is 0 Å². The summed E-state index contributed by atoms with van der Waals surface area (Å²) in [4.78, 5) is 0. The van der Waals surface area contributed by atoms with Crippen LogP contribution >= 0.6 is 7.14 Å². The smallest absolute Gasteiger partial charge is 0.171 e. The first-order valence-electron chi connectivity index (χ1n) is 15.6. The molecule has 0 aromatic heterocycles. The molecule has 0 bridgehead atoms. The summed E-state index contributed by atoms with van der Waals surface area (Å²) in [7, 11) is -3.09. The summed E-state index contributed by atoms with van der Waals surface area (Å²) in [6.07, 6.45) is 0. The summed E-state index contributed by atoms with van der Waals surface area (Å²) < 4.78 is 15.1. The van der Waals surface area contributed by atoms with E-state index in [1.165, 1.54) is 38.2 Å². The molecule has 0 spiro atoms. The third-order valence-corrected chi connectivity index (χ3v) is 12.0. The Morgan fingerprint density at radius 3 is 1.15 bits per heavy atom. The Hall–Kier alpha value is -5.49. The van der Waals surface area contributed by atoms with Gasteiger partial charge in [-0.15, -0.1) is 0 Å². The molecule has 46 heavy (non-hydrogen) atoms. The average Bonchev–Trinajstić information content (AvgIpc) is 3.14. The largest absolute Gasteiger partial charge is 0.309 e. The fourth-order valence-corrected chi connectivity index (χ4v) is 9.51. The van der Waals surface area contributed by atoms with Gasteiger partial charge in [-0.05, 0) is 67.1 Å². The second kappa shape index (κ2) is 11.8. The quantitative estimate of drug-likeness (QED) is 0.136. The molecule has 0 radical (unpaired) electrons. The van der Waals surface area contributed by atoms with E-state index < -0.39 is 7.14 Å². The van der Waals surface area contributed by atoms with Crippen molar-refractivity contribution in [3.05, 3.63) is 188 Å². The molecule has 218 valence electrons. The van der Waals surface area contributed by atoms with Gasteiger partial charge in [0.15, 0.2) is 7.14 Å². The van der Waals surface area contributed by atoms with E-state index >= 15 is 4.57 Å². The van der Waals surface area contributed by atoms with Gasteiger partial charge in [-0.1, -0.05) is 176 Å². The minimum absolute atomic E-state index is 0.830. The van der Waals surface area contributed by atoms with Crippen LogP contribution in [-0.2, 0) is 4.57 Å². The molecule has 0 atom stereocenters. The predicted molar refractivity (Wildman–Crippen MR) is 197 cm³/mol. The molecule has 8 aromatic rings. The number of hydrogen-bond donors (Lipinski definition) is 0. The molecule has 0 aliphatic heterocycles. The molecule has 0 N–H and O–H groups in total. The Morgan fingerprint density at radius 2 is 0.630 bits per heavy atom. The van der Waals surface area contributed by atoms with Crippen LogP contribution < -0.4 is 15.9 Å². The molecule has 0 saturated heterocycles. The first-order chi connectivity index (χ1) is 22.7. The van der Waals surface area contributed by atoms with Crippen LogP contribution in [-0.4, -0.2) is 0 Å². The lowest BCUT2D eigenvalue weighted by Crippen LogP contribution is -2.25. The lowest BCUT2D eigenvalue weighted by atomic mass is 9.85. The van der Waals surface area contributed by atoms with Crippen molar-refractivity contribution >= 4 is 44.6 Å². The molecule has 0 aliphatic carbocycles. The van der Waals surface area contributed by atoms with E-state index in [4.69, 9.17) is 0 Å². The van der Waals surface area contributed by atoms with Crippen LogP contribution in [0.25, 0.3) is 54.9 Å². The van der Waals surface area contributed by atoms with Gasteiger partial charge in [0, 0.05) is 15.9 Å². The first kappa shape index (κ1) is 28.0. The monoisotopic (exact) mass is 606 g/mol. The van der Waals surface area contributed by atoms with Crippen LogP contribution in [0.2, 0.25) is 0 Å². The Bertz CT molecular complexity index is 2280. The van der Waals surface area contributed by atoms with Crippen molar-refractivity contribution < 1.29 is 4.57 Å².